The maximum absolute atomic E-state index is 12.2. The summed E-state index contributed by atoms with van der Waals surface area (Å²) in [6.07, 6.45) is 0. The van der Waals surface area contributed by atoms with E-state index in [4.69, 9.17) is 5.14 Å². The van der Waals surface area contributed by atoms with E-state index in [1.54, 1.807) is 19.1 Å². The first-order valence-corrected chi connectivity index (χ1v) is 10.6. The van der Waals surface area contributed by atoms with Gasteiger partial charge in [-0.25, -0.2) is 18.4 Å². The second-order valence-electron chi connectivity index (χ2n) is 6.90. The molecule has 0 spiro atoms. The van der Waals surface area contributed by atoms with Crippen LogP contribution in [-0.4, -0.2) is 14.4 Å². The quantitative estimate of drug-likeness (QED) is 0.595. The lowest BCUT2D eigenvalue weighted by Crippen LogP contribution is -2.28. The monoisotopic (exact) mass is 409 g/mol. The second kappa shape index (κ2) is 8.46. The second-order valence-corrected chi connectivity index (χ2v) is 8.43. The summed E-state index contributed by atoms with van der Waals surface area (Å²) in [5.74, 6) is 0. The molecule has 150 valence electrons. The maximum Gasteiger partial charge on any atom is 0.319 e. The molecular weight excluding hydrogens is 386 g/mol. The largest absolute Gasteiger partial charge is 0.334 e. The third-order valence-electron chi connectivity index (χ3n) is 4.48. The summed E-state index contributed by atoms with van der Waals surface area (Å²) in [7, 11) is -3.85. The molecule has 7 heteroatoms. The van der Waals surface area contributed by atoms with Gasteiger partial charge in [0.1, 0.15) is 0 Å². The van der Waals surface area contributed by atoms with Crippen LogP contribution in [0.1, 0.15) is 16.7 Å². The Labute approximate surface area is 170 Å². The van der Waals surface area contributed by atoms with Crippen LogP contribution >= 0.6 is 0 Å². The molecule has 0 bridgehead atoms. The van der Waals surface area contributed by atoms with E-state index in [1.807, 2.05) is 49.4 Å². The molecule has 3 aromatic rings. The van der Waals surface area contributed by atoms with Crippen LogP contribution < -0.4 is 15.8 Å². The van der Waals surface area contributed by atoms with Crippen LogP contribution in [0.15, 0.2) is 71.6 Å². The molecule has 0 aliphatic carbocycles. The minimum Gasteiger partial charge on any atom is -0.334 e. The van der Waals surface area contributed by atoms with Crippen molar-refractivity contribution in [2.45, 2.75) is 25.3 Å². The molecule has 0 saturated carbocycles. The van der Waals surface area contributed by atoms with Gasteiger partial charge in [-0.2, -0.15) is 0 Å². The standard InChI is InChI=1S/C22H23N3O3S/c1-15-5-3-7-18(11-15)19-8-4-6-17(12-19)14-24-22(26)25-20-10-9-16(2)21(13-20)29(23,27)28/h3-13H,14H2,1-2H3,(H2,23,27,28)(H2,24,25,26). The molecule has 0 heterocycles. The fraction of sp³-hybridized carbons (Fsp3) is 0.136. The van der Waals surface area contributed by atoms with Gasteiger partial charge in [-0.05, 0) is 54.3 Å². The van der Waals surface area contributed by atoms with Crippen molar-refractivity contribution in [2.24, 2.45) is 5.14 Å². The minimum absolute atomic E-state index is 0.0128. The number of rotatable bonds is 5. The molecule has 6 nitrogen and oxygen atoms in total. The number of anilines is 1. The molecule has 0 aliphatic heterocycles. The topological polar surface area (TPSA) is 101 Å². The minimum atomic E-state index is -3.85. The van der Waals surface area contributed by atoms with Crippen molar-refractivity contribution in [3.8, 4) is 11.1 Å². The summed E-state index contributed by atoms with van der Waals surface area (Å²) in [5.41, 5.74) is 5.20. The van der Waals surface area contributed by atoms with Gasteiger partial charge in [0.25, 0.3) is 0 Å². The molecule has 4 N–H and O–H groups in total. The lowest BCUT2D eigenvalue weighted by atomic mass is 10.0. The molecule has 0 aromatic heterocycles. The predicted molar refractivity (Wildman–Crippen MR) is 115 cm³/mol. The number of primary sulfonamides is 1. The molecule has 0 saturated heterocycles. The van der Waals surface area contributed by atoms with Gasteiger partial charge in [0, 0.05) is 12.2 Å². The van der Waals surface area contributed by atoms with Gasteiger partial charge >= 0.3 is 6.03 Å². The Balaban J connectivity index is 1.67. The number of hydrogen-bond donors (Lipinski definition) is 3. The van der Waals surface area contributed by atoms with Crippen LogP contribution in [0, 0.1) is 13.8 Å². The molecule has 0 aliphatic rings. The van der Waals surface area contributed by atoms with E-state index in [9.17, 15) is 13.2 Å². The molecule has 3 aromatic carbocycles. The zero-order chi connectivity index (χ0) is 21.0. The van der Waals surface area contributed by atoms with Gasteiger partial charge < -0.3 is 10.6 Å². The third kappa shape index (κ3) is 5.43. The number of amides is 2. The van der Waals surface area contributed by atoms with Crippen LogP contribution in [-0.2, 0) is 16.6 Å². The lowest BCUT2D eigenvalue weighted by Gasteiger charge is -2.11. The SMILES string of the molecule is Cc1cccc(-c2cccc(CNC(=O)Nc3ccc(C)c(S(N)(=O)=O)c3)c2)c1. The highest BCUT2D eigenvalue weighted by atomic mass is 32.2. The first-order valence-electron chi connectivity index (χ1n) is 9.07. The molecule has 3 rings (SSSR count). The predicted octanol–water partition coefficient (Wildman–Crippen LogP) is 3.94. The Bertz CT molecular complexity index is 1160. The molecule has 0 unspecified atom stereocenters. The smallest absolute Gasteiger partial charge is 0.319 e. The Morgan fingerprint density at radius 1 is 0.931 bits per heavy atom. The highest BCUT2D eigenvalue weighted by Gasteiger charge is 2.13. The average molecular weight is 410 g/mol. The van der Waals surface area contributed by atoms with Crippen LogP contribution in [0.3, 0.4) is 0 Å². The van der Waals surface area contributed by atoms with E-state index in [-0.39, 0.29) is 4.90 Å². The zero-order valence-electron chi connectivity index (χ0n) is 16.3. The van der Waals surface area contributed by atoms with Gasteiger partial charge in [0.05, 0.1) is 4.90 Å². The van der Waals surface area contributed by atoms with Gasteiger partial charge in [-0.3, -0.25) is 0 Å². The first-order chi connectivity index (χ1) is 13.7. The number of benzene rings is 3. The first kappa shape index (κ1) is 20.6. The van der Waals surface area contributed by atoms with E-state index in [1.165, 1.54) is 11.6 Å². The van der Waals surface area contributed by atoms with Gasteiger partial charge in [0.15, 0.2) is 0 Å². The number of aryl methyl sites for hydroxylation is 2. The van der Waals surface area contributed by atoms with Crippen molar-refractivity contribution in [3.05, 3.63) is 83.4 Å². The van der Waals surface area contributed by atoms with Gasteiger partial charge in [-0.1, -0.05) is 54.1 Å². The number of sulfonamides is 1. The number of nitrogens with two attached hydrogens (primary N) is 1. The van der Waals surface area contributed by atoms with Crippen LogP contribution in [0.5, 0.6) is 0 Å². The van der Waals surface area contributed by atoms with E-state index < -0.39 is 16.1 Å². The number of carbonyl (C=O) groups is 1. The normalized spacial score (nSPS) is 11.1. The zero-order valence-corrected chi connectivity index (χ0v) is 17.1. The molecule has 0 radical (unpaired) electrons. The fourth-order valence-electron chi connectivity index (χ4n) is 3.03. The van der Waals surface area contributed by atoms with E-state index >= 15 is 0 Å². The Kier molecular flexibility index (Phi) is 6.00. The van der Waals surface area contributed by atoms with Crippen molar-refractivity contribution < 1.29 is 13.2 Å². The number of hydrogen-bond acceptors (Lipinski definition) is 3. The summed E-state index contributed by atoms with van der Waals surface area (Å²) in [6, 6.07) is 20.3. The highest BCUT2D eigenvalue weighted by Crippen LogP contribution is 2.22. The Morgan fingerprint density at radius 3 is 2.31 bits per heavy atom. The lowest BCUT2D eigenvalue weighted by molar-refractivity contribution is 0.251. The van der Waals surface area contributed by atoms with E-state index in [0.717, 1.165) is 16.7 Å². The van der Waals surface area contributed by atoms with Gasteiger partial charge in [0.2, 0.25) is 10.0 Å². The summed E-state index contributed by atoms with van der Waals surface area (Å²) in [4.78, 5) is 12.2. The van der Waals surface area contributed by atoms with Crippen molar-refractivity contribution in [3.63, 3.8) is 0 Å². The third-order valence-corrected chi connectivity index (χ3v) is 5.54. The summed E-state index contributed by atoms with van der Waals surface area (Å²) >= 11 is 0. The van der Waals surface area contributed by atoms with Crippen LogP contribution in [0.2, 0.25) is 0 Å². The fourth-order valence-corrected chi connectivity index (χ4v) is 3.84. The van der Waals surface area contributed by atoms with Crippen molar-refractivity contribution in [1.29, 1.82) is 0 Å². The Hall–Kier alpha value is -3.16. The van der Waals surface area contributed by atoms with Crippen molar-refractivity contribution >= 4 is 21.7 Å². The van der Waals surface area contributed by atoms with Crippen molar-refractivity contribution in [2.75, 3.05) is 5.32 Å². The van der Waals surface area contributed by atoms with Gasteiger partial charge in [-0.15, -0.1) is 0 Å². The summed E-state index contributed by atoms with van der Waals surface area (Å²) < 4.78 is 23.2. The number of nitrogens with one attached hydrogen (secondary N) is 2. The molecular formula is C22H23N3O3S. The summed E-state index contributed by atoms with van der Waals surface area (Å²) in [6.45, 7) is 4.02. The number of urea groups is 1. The van der Waals surface area contributed by atoms with Crippen LogP contribution in [0.4, 0.5) is 10.5 Å². The molecule has 0 fully saturated rings. The molecule has 2 amide bonds. The summed E-state index contributed by atoms with van der Waals surface area (Å²) in [5, 5.41) is 10.6. The Morgan fingerprint density at radius 2 is 1.62 bits per heavy atom. The molecule has 0 atom stereocenters. The maximum atomic E-state index is 12.2. The van der Waals surface area contributed by atoms with Crippen molar-refractivity contribution in [1.82, 2.24) is 5.32 Å². The van der Waals surface area contributed by atoms with E-state index in [2.05, 4.69) is 16.7 Å². The van der Waals surface area contributed by atoms with E-state index in [0.29, 0.717) is 17.8 Å². The van der Waals surface area contributed by atoms with Crippen LogP contribution in [0.25, 0.3) is 11.1 Å². The molecule has 29 heavy (non-hydrogen) atoms. The number of carbonyl (C=O) groups excluding carboxylic acids is 1. The highest BCUT2D eigenvalue weighted by molar-refractivity contribution is 7.89. The average Bonchev–Trinajstić information content (AvgIpc) is 2.67.